The number of nitrogens with two attached hydrogens (primary N) is 1. The van der Waals surface area contributed by atoms with E-state index in [-0.39, 0.29) is 22.8 Å². The van der Waals surface area contributed by atoms with Crippen LogP contribution in [-0.4, -0.2) is 32.2 Å². The molecule has 2 aromatic carbocycles. The topological polar surface area (TPSA) is 110 Å². The lowest BCUT2D eigenvalue weighted by molar-refractivity contribution is -0.126. The van der Waals surface area contributed by atoms with Crippen LogP contribution in [-0.2, 0) is 19.6 Å². The molecule has 0 aromatic heterocycles. The van der Waals surface area contributed by atoms with E-state index in [0.29, 0.717) is 5.69 Å². The molecule has 1 unspecified atom stereocenters. The second-order valence-corrected chi connectivity index (χ2v) is 7.94. The fraction of sp³-hybridized carbons (Fsp3) is 0.200. The molecule has 2 aromatic rings. The number of hydrogen-bond acceptors (Lipinski definition) is 4. The van der Waals surface area contributed by atoms with Gasteiger partial charge in [0.1, 0.15) is 0 Å². The van der Waals surface area contributed by atoms with E-state index < -0.39 is 10.0 Å². The van der Waals surface area contributed by atoms with Gasteiger partial charge in [-0.2, -0.15) is 0 Å². The summed E-state index contributed by atoms with van der Waals surface area (Å²) in [6.07, 6.45) is 3.15. The highest BCUT2D eigenvalue weighted by atomic mass is 32.2. The highest BCUT2D eigenvalue weighted by Gasteiger charge is 2.16. The number of sulfonamides is 1. The average Bonchev–Trinajstić information content (AvgIpc) is 2.65. The number of amides is 2. The van der Waals surface area contributed by atoms with Gasteiger partial charge in [0.2, 0.25) is 21.8 Å². The van der Waals surface area contributed by atoms with Gasteiger partial charge < -0.3 is 10.2 Å². The highest BCUT2D eigenvalue weighted by Crippen LogP contribution is 2.21. The molecular weight excluding hydrogens is 378 g/mol. The van der Waals surface area contributed by atoms with Gasteiger partial charge in [0.25, 0.3) is 0 Å². The summed E-state index contributed by atoms with van der Waals surface area (Å²) in [5.41, 5.74) is 2.29. The van der Waals surface area contributed by atoms with Gasteiger partial charge in [-0.05, 0) is 48.4 Å². The molecule has 3 N–H and O–H groups in total. The van der Waals surface area contributed by atoms with Gasteiger partial charge in [-0.1, -0.05) is 24.3 Å². The average molecular weight is 401 g/mol. The maximum atomic E-state index is 12.4. The van der Waals surface area contributed by atoms with Gasteiger partial charge in [-0.15, -0.1) is 0 Å². The molecule has 0 radical (unpaired) electrons. The number of benzene rings is 2. The maximum absolute atomic E-state index is 12.4. The number of carbonyl (C=O) groups is 2. The zero-order chi connectivity index (χ0) is 20.9. The molecule has 0 fully saturated rings. The summed E-state index contributed by atoms with van der Waals surface area (Å²) in [5.74, 6) is -0.347. The number of hydrogen-bond donors (Lipinski definition) is 2. The van der Waals surface area contributed by atoms with Gasteiger partial charge in [0.15, 0.2) is 0 Å². The molecule has 2 amide bonds. The molecule has 0 aliphatic heterocycles. The van der Waals surface area contributed by atoms with E-state index in [1.807, 2.05) is 6.92 Å². The van der Waals surface area contributed by atoms with Crippen molar-refractivity contribution in [1.29, 1.82) is 0 Å². The Morgan fingerprint density at radius 3 is 2.14 bits per heavy atom. The van der Waals surface area contributed by atoms with Crippen LogP contribution < -0.4 is 10.5 Å². The lowest BCUT2D eigenvalue weighted by Crippen LogP contribution is -2.28. The standard InChI is InChI=1S/C20H23N3O4S/c1-14(17-7-11-19(12-8-17)28(21,26)27)23(3)20(25)13-6-16-4-9-18(10-5-16)22-15(2)24/h4-14H,1-3H3,(H,22,24)(H2,21,26,27)/b13-6+. The highest BCUT2D eigenvalue weighted by molar-refractivity contribution is 7.89. The van der Waals surface area contributed by atoms with Crippen molar-refractivity contribution in [2.75, 3.05) is 12.4 Å². The molecule has 0 heterocycles. The van der Waals surface area contributed by atoms with Crippen molar-refractivity contribution in [1.82, 2.24) is 4.90 Å². The number of anilines is 1. The van der Waals surface area contributed by atoms with Gasteiger partial charge in [-0.3, -0.25) is 9.59 Å². The molecule has 1 atom stereocenters. The van der Waals surface area contributed by atoms with Crippen molar-refractivity contribution in [2.24, 2.45) is 5.14 Å². The van der Waals surface area contributed by atoms with Crippen LogP contribution in [0.15, 0.2) is 59.5 Å². The van der Waals surface area contributed by atoms with Crippen LogP contribution in [0.5, 0.6) is 0 Å². The smallest absolute Gasteiger partial charge is 0.246 e. The van der Waals surface area contributed by atoms with Crippen molar-refractivity contribution >= 4 is 33.6 Å². The number of primary sulfonamides is 1. The first kappa shape index (κ1) is 21.3. The van der Waals surface area contributed by atoms with E-state index in [2.05, 4.69) is 5.32 Å². The molecule has 0 spiro atoms. The number of rotatable bonds is 6. The van der Waals surface area contributed by atoms with Gasteiger partial charge >= 0.3 is 0 Å². The predicted molar refractivity (Wildman–Crippen MR) is 109 cm³/mol. The van der Waals surface area contributed by atoms with Crippen LogP contribution in [0.3, 0.4) is 0 Å². The third-order valence-electron chi connectivity index (χ3n) is 4.27. The number of nitrogens with one attached hydrogen (secondary N) is 1. The van der Waals surface area contributed by atoms with Gasteiger partial charge in [-0.25, -0.2) is 13.6 Å². The first-order valence-corrected chi connectivity index (χ1v) is 10.1. The Labute approximate surface area is 164 Å². The van der Waals surface area contributed by atoms with Crippen molar-refractivity contribution in [2.45, 2.75) is 24.8 Å². The quantitative estimate of drug-likeness (QED) is 0.725. The molecular formula is C20H23N3O4S. The van der Waals surface area contributed by atoms with Crippen LogP contribution >= 0.6 is 0 Å². The molecule has 8 heteroatoms. The molecule has 28 heavy (non-hydrogen) atoms. The Morgan fingerprint density at radius 1 is 1.07 bits per heavy atom. The Kier molecular flexibility index (Phi) is 6.71. The van der Waals surface area contributed by atoms with Crippen LogP contribution in [0.1, 0.15) is 31.0 Å². The van der Waals surface area contributed by atoms with E-state index in [9.17, 15) is 18.0 Å². The van der Waals surface area contributed by atoms with E-state index in [1.54, 1.807) is 54.4 Å². The molecule has 148 valence electrons. The lowest BCUT2D eigenvalue weighted by Gasteiger charge is -2.24. The van der Waals surface area contributed by atoms with Crippen molar-refractivity contribution < 1.29 is 18.0 Å². The first-order valence-electron chi connectivity index (χ1n) is 8.53. The summed E-state index contributed by atoms with van der Waals surface area (Å²) < 4.78 is 22.7. The second-order valence-electron chi connectivity index (χ2n) is 6.38. The Hall–Kier alpha value is -2.97. The molecule has 0 aliphatic carbocycles. The summed E-state index contributed by atoms with van der Waals surface area (Å²) in [5, 5.41) is 7.77. The normalized spacial score (nSPS) is 12.6. The molecule has 0 saturated heterocycles. The van der Waals surface area contributed by atoms with E-state index in [1.165, 1.54) is 25.1 Å². The Bertz CT molecular complexity index is 981. The largest absolute Gasteiger partial charge is 0.335 e. The van der Waals surface area contributed by atoms with Crippen LogP contribution in [0.2, 0.25) is 0 Å². The summed E-state index contributed by atoms with van der Waals surface area (Å²) >= 11 is 0. The summed E-state index contributed by atoms with van der Waals surface area (Å²) in [6.45, 7) is 3.28. The SMILES string of the molecule is CC(=O)Nc1ccc(/C=C/C(=O)N(C)C(C)c2ccc(S(N)(=O)=O)cc2)cc1. The fourth-order valence-electron chi connectivity index (χ4n) is 2.52. The lowest BCUT2D eigenvalue weighted by atomic mass is 10.1. The number of carbonyl (C=O) groups excluding carboxylic acids is 2. The number of nitrogens with zero attached hydrogens (tertiary/aromatic N) is 1. The van der Waals surface area contributed by atoms with Crippen LogP contribution in [0.25, 0.3) is 6.08 Å². The van der Waals surface area contributed by atoms with Crippen molar-refractivity contribution in [3.8, 4) is 0 Å². The Morgan fingerprint density at radius 2 is 1.64 bits per heavy atom. The molecule has 0 bridgehead atoms. The monoisotopic (exact) mass is 401 g/mol. The fourth-order valence-corrected chi connectivity index (χ4v) is 3.03. The van der Waals surface area contributed by atoms with E-state index >= 15 is 0 Å². The number of likely N-dealkylation sites (N-methyl/N-ethyl adjacent to an activating group) is 1. The predicted octanol–water partition coefficient (Wildman–Crippen LogP) is 2.53. The van der Waals surface area contributed by atoms with E-state index in [0.717, 1.165) is 11.1 Å². The molecule has 7 nitrogen and oxygen atoms in total. The Balaban J connectivity index is 2.04. The maximum Gasteiger partial charge on any atom is 0.246 e. The minimum absolute atomic E-state index is 0.0278. The molecule has 0 aliphatic rings. The van der Waals surface area contributed by atoms with Crippen molar-refractivity contribution in [3.63, 3.8) is 0 Å². The van der Waals surface area contributed by atoms with Gasteiger partial charge in [0, 0.05) is 25.7 Å². The van der Waals surface area contributed by atoms with Gasteiger partial charge in [0.05, 0.1) is 10.9 Å². The van der Waals surface area contributed by atoms with E-state index in [4.69, 9.17) is 5.14 Å². The third-order valence-corrected chi connectivity index (χ3v) is 5.20. The second kappa shape index (κ2) is 8.81. The summed E-state index contributed by atoms with van der Waals surface area (Å²) in [7, 11) is -2.07. The minimum Gasteiger partial charge on any atom is -0.335 e. The zero-order valence-electron chi connectivity index (χ0n) is 15.9. The summed E-state index contributed by atoms with van der Waals surface area (Å²) in [6, 6.07) is 13.0. The molecule has 0 saturated carbocycles. The first-order chi connectivity index (χ1) is 13.1. The zero-order valence-corrected chi connectivity index (χ0v) is 16.7. The van der Waals surface area contributed by atoms with Crippen molar-refractivity contribution in [3.05, 3.63) is 65.7 Å². The minimum atomic E-state index is -3.75. The molecule has 2 rings (SSSR count). The summed E-state index contributed by atoms with van der Waals surface area (Å²) in [4.78, 5) is 25.0. The van der Waals surface area contributed by atoms with Crippen LogP contribution in [0, 0.1) is 0 Å². The third kappa shape index (κ3) is 5.77. The van der Waals surface area contributed by atoms with Crippen LogP contribution in [0.4, 0.5) is 5.69 Å².